The van der Waals surface area contributed by atoms with E-state index < -0.39 is 0 Å². The van der Waals surface area contributed by atoms with Crippen LogP contribution in [-0.4, -0.2) is 67.3 Å². The smallest absolute Gasteiger partial charge is 0.0590 e. The molecule has 1 heterocycles. The Morgan fingerprint density at radius 1 is 1.32 bits per heavy atom. The molecule has 0 atom stereocenters. The van der Waals surface area contributed by atoms with Crippen molar-refractivity contribution in [2.24, 2.45) is 5.73 Å². The van der Waals surface area contributed by atoms with Crippen LogP contribution in [0.15, 0.2) is 0 Å². The fraction of sp³-hybridized carbons (Fsp3) is 1.00. The molecule has 19 heavy (non-hydrogen) atoms. The van der Waals surface area contributed by atoms with Gasteiger partial charge in [0.05, 0.1) is 6.61 Å². The first-order valence-electron chi connectivity index (χ1n) is 7.83. The number of ether oxygens (including phenoxy) is 1. The van der Waals surface area contributed by atoms with Gasteiger partial charge in [0.2, 0.25) is 0 Å². The van der Waals surface area contributed by atoms with Crippen molar-refractivity contribution in [2.75, 3.05) is 39.9 Å². The monoisotopic (exact) mass is 269 g/mol. The van der Waals surface area contributed by atoms with Gasteiger partial charge in [-0.25, -0.2) is 0 Å². The van der Waals surface area contributed by atoms with E-state index in [-0.39, 0.29) is 5.54 Å². The summed E-state index contributed by atoms with van der Waals surface area (Å²) in [5.74, 6) is 0. The standard InChI is InChI=1S/C15H31N3O/c1-13(2)17-8-6-15(12-16,7-9-17)18(10-11-19-3)14-4-5-14/h13-14H,4-12,16H2,1-3H3. The summed E-state index contributed by atoms with van der Waals surface area (Å²) >= 11 is 0. The van der Waals surface area contributed by atoms with Gasteiger partial charge in [-0.15, -0.1) is 0 Å². The van der Waals surface area contributed by atoms with E-state index in [0.29, 0.717) is 6.04 Å². The number of rotatable bonds is 7. The SMILES string of the molecule is COCCN(C1CC1)C1(CN)CCN(C(C)C)CC1. The van der Waals surface area contributed by atoms with Crippen molar-refractivity contribution < 1.29 is 4.74 Å². The first-order valence-corrected chi connectivity index (χ1v) is 7.83. The summed E-state index contributed by atoms with van der Waals surface area (Å²) in [5.41, 5.74) is 6.42. The lowest BCUT2D eigenvalue weighted by Gasteiger charge is -2.49. The molecule has 1 saturated heterocycles. The molecule has 2 rings (SSSR count). The molecule has 4 heteroatoms. The van der Waals surface area contributed by atoms with Crippen LogP contribution in [0, 0.1) is 0 Å². The predicted octanol–water partition coefficient (Wildman–Crippen LogP) is 1.30. The van der Waals surface area contributed by atoms with E-state index in [2.05, 4.69) is 23.6 Å². The maximum Gasteiger partial charge on any atom is 0.0590 e. The largest absolute Gasteiger partial charge is 0.383 e. The molecule has 0 aromatic carbocycles. The molecule has 4 nitrogen and oxygen atoms in total. The summed E-state index contributed by atoms with van der Waals surface area (Å²) in [5, 5.41) is 0. The molecule has 1 aliphatic heterocycles. The second-order valence-electron chi connectivity index (χ2n) is 6.48. The van der Waals surface area contributed by atoms with Crippen LogP contribution in [0.3, 0.4) is 0 Å². The minimum atomic E-state index is 0.227. The number of piperidine rings is 1. The fourth-order valence-electron chi connectivity index (χ4n) is 3.45. The van der Waals surface area contributed by atoms with Crippen LogP contribution < -0.4 is 5.73 Å². The third-order valence-corrected chi connectivity index (χ3v) is 4.97. The van der Waals surface area contributed by atoms with Crippen LogP contribution in [0.1, 0.15) is 39.5 Å². The molecule has 0 aromatic heterocycles. The van der Waals surface area contributed by atoms with E-state index in [4.69, 9.17) is 10.5 Å². The molecule has 2 fully saturated rings. The van der Waals surface area contributed by atoms with Gasteiger partial charge in [-0.2, -0.15) is 0 Å². The van der Waals surface area contributed by atoms with Gasteiger partial charge in [0.25, 0.3) is 0 Å². The molecule has 0 radical (unpaired) electrons. The Hall–Kier alpha value is -0.160. The average molecular weight is 269 g/mol. The zero-order chi connectivity index (χ0) is 13.9. The Kier molecular flexibility index (Phi) is 5.23. The van der Waals surface area contributed by atoms with Crippen molar-refractivity contribution in [1.29, 1.82) is 0 Å². The molecule has 0 bridgehead atoms. The number of nitrogens with two attached hydrogens (primary N) is 1. The molecule has 0 unspecified atom stereocenters. The molecule has 1 aliphatic carbocycles. The van der Waals surface area contributed by atoms with Crippen LogP contribution in [0.2, 0.25) is 0 Å². The maximum atomic E-state index is 6.20. The fourth-order valence-corrected chi connectivity index (χ4v) is 3.45. The quantitative estimate of drug-likeness (QED) is 0.756. The summed E-state index contributed by atoms with van der Waals surface area (Å²) < 4.78 is 5.30. The summed E-state index contributed by atoms with van der Waals surface area (Å²) in [6.07, 6.45) is 5.11. The Labute approximate surface area is 118 Å². The second-order valence-corrected chi connectivity index (χ2v) is 6.48. The lowest BCUT2D eigenvalue weighted by atomic mass is 9.84. The van der Waals surface area contributed by atoms with Crippen LogP contribution in [0.25, 0.3) is 0 Å². The van der Waals surface area contributed by atoms with Gasteiger partial charge in [-0.1, -0.05) is 0 Å². The number of hydrogen-bond donors (Lipinski definition) is 1. The highest BCUT2D eigenvalue weighted by Crippen LogP contribution is 2.38. The molecule has 1 saturated carbocycles. The lowest BCUT2D eigenvalue weighted by molar-refractivity contribution is -0.00144. The van der Waals surface area contributed by atoms with Crippen molar-refractivity contribution in [3.05, 3.63) is 0 Å². The third-order valence-electron chi connectivity index (χ3n) is 4.97. The van der Waals surface area contributed by atoms with Crippen LogP contribution >= 0.6 is 0 Å². The van der Waals surface area contributed by atoms with Crippen molar-refractivity contribution in [3.63, 3.8) is 0 Å². The first-order chi connectivity index (χ1) is 9.13. The van der Waals surface area contributed by atoms with E-state index >= 15 is 0 Å². The number of likely N-dealkylation sites (tertiary alicyclic amines) is 1. The van der Waals surface area contributed by atoms with E-state index in [1.807, 2.05) is 0 Å². The van der Waals surface area contributed by atoms with Gasteiger partial charge >= 0.3 is 0 Å². The normalized spacial score (nSPS) is 24.3. The van der Waals surface area contributed by atoms with Crippen molar-refractivity contribution in [2.45, 2.75) is 57.2 Å². The molecule has 2 N–H and O–H groups in total. The van der Waals surface area contributed by atoms with Crippen LogP contribution in [-0.2, 0) is 4.74 Å². The minimum absolute atomic E-state index is 0.227. The molecule has 0 amide bonds. The van der Waals surface area contributed by atoms with Gasteiger partial charge < -0.3 is 15.4 Å². The minimum Gasteiger partial charge on any atom is -0.383 e. The maximum absolute atomic E-state index is 6.20. The highest BCUT2D eigenvalue weighted by atomic mass is 16.5. The molecule has 0 aromatic rings. The Bertz CT molecular complexity index is 271. The summed E-state index contributed by atoms with van der Waals surface area (Å²) in [6, 6.07) is 1.42. The average Bonchev–Trinajstić information content (AvgIpc) is 3.24. The van der Waals surface area contributed by atoms with E-state index in [1.54, 1.807) is 7.11 Å². The van der Waals surface area contributed by atoms with Crippen molar-refractivity contribution in [3.8, 4) is 0 Å². The van der Waals surface area contributed by atoms with E-state index in [0.717, 1.165) is 25.7 Å². The van der Waals surface area contributed by atoms with Gasteiger partial charge in [-0.3, -0.25) is 4.90 Å². The highest BCUT2D eigenvalue weighted by Gasteiger charge is 2.44. The molecular weight excluding hydrogens is 238 g/mol. The predicted molar refractivity (Wildman–Crippen MR) is 79.3 cm³/mol. The summed E-state index contributed by atoms with van der Waals surface area (Å²) in [7, 11) is 1.79. The molecule has 2 aliphatic rings. The molecule has 0 spiro atoms. The van der Waals surface area contributed by atoms with E-state index in [9.17, 15) is 0 Å². The van der Waals surface area contributed by atoms with Crippen molar-refractivity contribution in [1.82, 2.24) is 9.80 Å². The van der Waals surface area contributed by atoms with Gasteiger partial charge in [0.1, 0.15) is 0 Å². The molecule has 112 valence electrons. The number of methoxy groups -OCH3 is 1. The zero-order valence-electron chi connectivity index (χ0n) is 12.9. The van der Waals surface area contributed by atoms with Crippen LogP contribution in [0.5, 0.6) is 0 Å². The topological polar surface area (TPSA) is 41.7 Å². The van der Waals surface area contributed by atoms with Gasteiger partial charge in [-0.05, 0) is 39.5 Å². The Morgan fingerprint density at radius 2 is 1.95 bits per heavy atom. The highest BCUT2D eigenvalue weighted by molar-refractivity contribution is 5.02. The van der Waals surface area contributed by atoms with Crippen LogP contribution in [0.4, 0.5) is 0 Å². The number of hydrogen-bond acceptors (Lipinski definition) is 4. The lowest BCUT2D eigenvalue weighted by Crippen LogP contribution is -2.61. The Morgan fingerprint density at radius 3 is 2.37 bits per heavy atom. The first kappa shape index (κ1) is 15.2. The van der Waals surface area contributed by atoms with Gasteiger partial charge in [0.15, 0.2) is 0 Å². The third kappa shape index (κ3) is 3.48. The number of nitrogens with zero attached hydrogens (tertiary/aromatic N) is 2. The summed E-state index contributed by atoms with van der Waals surface area (Å²) in [6.45, 7) is 9.61. The Balaban J connectivity index is 2.00. The van der Waals surface area contributed by atoms with Crippen molar-refractivity contribution >= 4 is 0 Å². The summed E-state index contributed by atoms with van der Waals surface area (Å²) in [4.78, 5) is 5.25. The second kappa shape index (κ2) is 6.53. The van der Waals surface area contributed by atoms with Gasteiger partial charge in [0, 0.05) is 50.9 Å². The molecular formula is C15H31N3O. The van der Waals surface area contributed by atoms with E-state index in [1.165, 1.54) is 38.8 Å². The zero-order valence-corrected chi connectivity index (χ0v) is 12.9.